The molecule has 3 N–H and O–H groups in total. The van der Waals surface area contributed by atoms with Crippen molar-refractivity contribution in [2.24, 2.45) is 12.9 Å². The molecule has 0 saturated carbocycles. The van der Waals surface area contributed by atoms with Crippen LogP contribution in [0.3, 0.4) is 0 Å². The van der Waals surface area contributed by atoms with Gasteiger partial charge in [-0.15, -0.1) is 0 Å². The monoisotopic (exact) mass is 189 g/mol. The number of nitrogens with zero attached hydrogens (tertiary/aromatic N) is 3. The van der Waals surface area contributed by atoms with Crippen LogP contribution in [0.25, 0.3) is 11.5 Å². The number of nitrogen functional groups attached to an aromatic ring is 1. The van der Waals surface area contributed by atoms with Crippen molar-refractivity contribution in [1.29, 1.82) is 0 Å². The fourth-order valence-corrected chi connectivity index (χ4v) is 1.26. The van der Waals surface area contributed by atoms with E-state index in [1.807, 2.05) is 23.9 Å². The standard InChI is InChI=1S/C9H11N5/c1-14-5-4-12-9(14)8-6-7(13-10)2-3-11-8/h2-6H,10H2,1H3,(H,11,13). The normalized spacial score (nSPS) is 10.1. The van der Waals surface area contributed by atoms with Crippen LogP contribution >= 0.6 is 0 Å². The molecule has 0 radical (unpaired) electrons. The highest BCUT2D eigenvalue weighted by molar-refractivity contribution is 5.57. The van der Waals surface area contributed by atoms with Gasteiger partial charge in [-0.05, 0) is 12.1 Å². The molecular weight excluding hydrogens is 178 g/mol. The molecule has 0 atom stereocenters. The van der Waals surface area contributed by atoms with E-state index in [0.29, 0.717) is 0 Å². The lowest BCUT2D eigenvalue weighted by molar-refractivity contribution is 0.917. The number of hydrazine groups is 1. The molecule has 72 valence electrons. The number of aromatic nitrogens is 3. The van der Waals surface area contributed by atoms with E-state index in [0.717, 1.165) is 17.2 Å². The van der Waals surface area contributed by atoms with Crippen LogP contribution < -0.4 is 11.3 Å². The highest BCUT2D eigenvalue weighted by Gasteiger charge is 2.04. The summed E-state index contributed by atoms with van der Waals surface area (Å²) in [6.45, 7) is 0. The van der Waals surface area contributed by atoms with Gasteiger partial charge in [-0.1, -0.05) is 0 Å². The van der Waals surface area contributed by atoms with Crippen LogP contribution in [0.1, 0.15) is 0 Å². The van der Waals surface area contributed by atoms with Gasteiger partial charge in [0.25, 0.3) is 0 Å². The smallest absolute Gasteiger partial charge is 0.158 e. The molecule has 14 heavy (non-hydrogen) atoms. The Morgan fingerprint density at radius 3 is 2.86 bits per heavy atom. The van der Waals surface area contributed by atoms with Crippen LogP contribution in [-0.4, -0.2) is 14.5 Å². The Bertz CT molecular complexity index is 434. The topological polar surface area (TPSA) is 68.8 Å². The van der Waals surface area contributed by atoms with Gasteiger partial charge in [0.2, 0.25) is 0 Å². The fraction of sp³-hybridized carbons (Fsp3) is 0.111. The largest absolute Gasteiger partial charge is 0.333 e. The average molecular weight is 189 g/mol. The molecule has 2 rings (SSSR count). The summed E-state index contributed by atoms with van der Waals surface area (Å²) < 4.78 is 1.91. The maximum Gasteiger partial charge on any atom is 0.158 e. The Morgan fingerprint density at radius 1 is 1.36 bits per heavy atom. The number of aryl methyl sites for hydroxylation is 1. The van der Waals surface area contributed by atoms with E-state index < -0.39 is 0 Å². The predicted molar refractivity (Wildman–Crippen MR) is 54.2 cm³/mol. The second-order valence-electron chi connectivity index (χ2n) is 2.94. The van der Waals surface area contributed by atoms with Crippen molar-refractivity contribution in [2.75, 3.05) is 5.43 Å². The lowest BCUT2D eigenvalue weighted by atomic mass is 10.3. The summed E-state index contributed by atoms with van der Waals surface area (Å²) in [6.07, 6.45) is 5.30. The number of nitrogens with one attached hydrogen (secondary N) is 1. The van der Waals surface area contributed by atoms with Crippen molar-refractivity contribution in [3.8, 4) is 11.5 Å². The number of nitrogens with two attached hydrogens (primary N) is 1. The SMILES string of the molecule is Cn1ccnc1-c1cc(NN)ccn1. The minimum Gasteiger partial charge on any atom is -0.333 e. The van der Waals surface area contributed by atoms with Gasteiger partial charge in [0, 0.05) is 25.6 Å². The van der Waals surface area contributed by atoms with Crippen LogP contribution in [0.5, 0.6) is 0 Å². The molecule has 0 aliphatic rings. The van der Waals surface area contributed by atoms with Crippen LogP contribution in [0.2, 0.25) is 0 Å². The van der Waals surface area contributed by atoms with Gasteiger partial charge >= 0.3 is 0 Å². The lowest BCUT2D eigenvalue weighted by Crippen LogP contribution is -2.07. The third-order valence-corrected chi connectivity index (χ3v) is 1.98. The van der Waals surface area contributed by atoms with E-state index in [-0.39, 0.29) is 0 Å². The number of anilines is 1. The van der Waals surface area contributed by atoms with E-state index in [9.17, 15) is 0 Å². The summed E-state index contributed by atoms with van der Waals surface area (Å²) in [5, 5.41) is 0. The molecule has 2 aromatic heterocycles. The number of imidazole rings is 1. The first-order chi connectivity index (χ1) is 6.81. The van der Waals surface area contributed by atoms with Crippen molar-refractivity contribution in [3.63, 3.8) is 0 Å². The fourth-order valence-electron chi connectivity index (χ4n) is 1.26. The third kappa shape index (κ3) is 1.45. The Morgan fingerprint density at radius 2 is 2.21 bits per heavy atom. The molecule has 0 fully saturated rings. The van der Waals surface area contributed by atoms with E-state index >= 15 is 0 Å². The summed E-state index contributed by atoms with van der Waals surface area (Å²) >= 11 is 0. The molecule has 0 aliphatic heterocycles. The second kappa shape index (κ2) is 3.47. The van der Waals surface area contributed by atoms with E-state index in [4.69, 9.17) is 5.84 Å². The van der Waals surface area contributed by atoms with Crippen LogP contribution in [0.15, 0.2) is 30.7 Å². The number of rotatable bonds is 2. The van der Waals surface area contributed by atoms with Crippen molar-refractivity contribution in [1.82, 2.24) is 14.5 Å². The van der Waals surface area contributed by atoms with Crippen LogP contribution in [-0.2, 0) is 7.05 Å². The van der Waals surface area contributed by atoms with Crippen molar-refractivity contribution in [2.45, 2.75) is 0 Å². The maximum atomic E-state index is 5.31. The van der Waals surface area contributed by atoms with Crippen molar-refractivity contribution >= 4 is 5.69 Å². The molecule has 0 aliphatic carbocycles. The highest BCUT2D eigenvalue weighted by atomic mass is 15.2. The maximum absolute atomic E-state index is 5.31. The molecule has 2 aromatic rings. The van der Waals surface area contributed by atoms with Crippen molar-refractivity contribution < 1.29 is 0 Å². The summed E-state index contributed by atoms with van der Waals surface area (Å²) in [6, 6.07) is 3.65. The molecule has 0 unspecified atom stereocenters. The highest BCUT2D eigenvalue weighted by Crippen LogP contribution is 2.16. The molecule has 5 heteroatoms. The summed E-state index contributed by atoms with van der Waals surface area (Å²) in [4.78, 5) is 8.41. The summed E-state index contributed by atoms with van der Waals surface area (Å²) in [5.74, 6) is 6.13. The Kier molecular flexibility index (Phi) is 2.16. The molecule has 0 saturated heterocycles. The first-order valence-corrected chi connectivity index (χ1v) is 4.21. The molecule has 0 spiro atoms. The number of hydrogen-bond acceptors (Lipinski definition) is 4. The van der Waals surface area contributed by atoms with Gasteiger partial charge in [0.1, 0.15) is 5.69 Å². The first kappa shape index (κ1) is 8.71. The van der Waals surface area contributed by atoms with Crippen molar-refractivity contribution in [3.05, 3.63) is 30.7 Å². The van der Waals surface area contributed by atoms with Gasteiger partial charge in [-0.25, -0.2) is 4.98 Å². The zero-order valence-electron chi connectivity index (χ0n) is 7.81. The third-order valence-electron chi connectivity index (χ3n) is 1.98. The Labute approximate surface area is 81.6 Å². The van der Waals surface area contributed by atoms with E-state index in [2.05, 4.69) is 15.4 Å². The Hall–Kier alpha value is -1.88. The molecule has 0 bridgehead atoms. The summed E-state index contributed by atoms with van der Waals surface area (Å²) in [5.41, 5.74) is 4.19. The number of hydrogen-bond donors (Lipinski definition) is 2. The molecular formula is C9H11N5. The zero-order valence-corrected chi connectivity index (χ0v) is 7.81. The van der Waals surface area contributed by atoms with E-state index in [1.54, 1.807) is 18.5 Å². The summed E-state index contributed by atoms with van der Waals surface area (Å²) in [7, 11) is 1.92. The lowest BCUT2D eigenvalue weighted by Gasteiger charge is -2.03. The average Bonchev–Trinajstić information content (AvgIpc) is 2.65. The minimum absolute atomic E-state index is 0.799. The van der Waals surface area contributed by atoms with Gasteiger partial charge in [-0.2, -0.15) is 0 Å². The van der Waals surface area contributed by atoms with Gasteiger partial charge in [-0.3, -0.25) is 10.8 Å². The van der Waals surface area contributed by atoms with Crippen LogP contribution in [0, 0.1) is 0 Å². The Balaban J connectivity index is 2.47. The van der Waals surface area contributed by atoms with Gasteiger partial charge < -0.3 is 9.99 Å². The van der Waals surface area contributed by atoms with Gasteiger partial charge in [0.15, 0.2) is 5.82 Å². The van der Waals surface area contributed by atoms with Crippen LogP contribution in [0.4, 0.5) is 5.69 Å². The quantitative estimate of drug-likeness (QED) is 0.540. The molecule has 5 nitrogen and oxygen atoms in total. The number of pyridine rings is 1. The molecule has 0 amide bonds. The zero-order chi connectivity index (χ0) is 9.97. The minimum atomic E-state index is 0.799. The van der Waals surface area contributed by atoms with E-state index in [1.165, 1.54) is 0 Å². The second-order valence-corrected chi connectivity index (χ2v) is 2.94. The van der Waals surface area contributed by atoms with Gasteiger partial charge in [0.05, 0.1) is 5.69 Å². The first-order valence-electron chi connectivity index (χ1n) is 4.21. The molecule has 0 aromatic carbocycles. The molecule has 2 heterocycles. The predicted octanol–water partition coefficient (Wildman–Crippen LogP) is 0.768.